The van der Waals surface area contributed by atoms with Crippen molar-refractivity contribution in [3.63, 3.8) is 0 Å². The number of aliphatic imine (C=N–C) groups is 1. The summed E-state index contributed by atoms with van der Waals surface area (Å²) in [6.07, 6.45) is 0. The van der Waals surface area contributed by atoms with Gasteiger partial charge in [0.05, 0.1) is 27.3 Å². The van der Waals surface area contributed by atoms with Gasteiger partial charge in [-0.3, -0.25) is 14.1 Å². The van der Waals surface area contributed by atoms with Crippen LogP contribution in [0, 0.1) is 6.92 Å². The number of hydrogen-bond donors (Lipinski definition) is 2. The molecule has 0 bridgehead atoms. The first-order valence-corrected chi connectivity index (χ1v) is 16.0. The molecule has 0 aliphatic heterocycles. The molecule has 5 rings (SSSR count). The van der Waals surface area contributed by atoms with Gasteiger partial charge >= 0.3 is 80.9 Å². The minimum Gasteiger partial charge on any atom is -0.874 e. The molecule has 0 radical (unpaired) electrons. The van der Waals surface area contributed by atoms with Crippen molar-refractivity contribution in [3.05, 3.63) is 89.8 Å². The van der Waals surface area contributed by atoms with Gasteiger partial charge in [-0.15, -0.1) is 17.1 Å². The standard InChI is InChI=1S/C28H22N4O8S3.K.Na/c1-15-9-14-22-25(26(15)43(38,39)40)41-28(30-22)17-10-12-18(13-11-17)31-32-24(16(2)33)27(34)29-21-7-3-6-20-19(21)5-4-8-23(20)42(35,36)37;;/h3-14,33H,1-2H3,(H,29,34)(H,35,36,37)(H,38,39,40);;/q;2*+1/p-2. The summed E-state index contributed by atoms with van der Waals surface area (Å²) in [6.45, 7) is 2.70. The Bertz CT molecular complexity index is 2230. The zero-order valence-corrected chi connectivity index (χ0v) is 31.9. The minimum atomic E-state index is -4.54. The maximum Gasteiger partial charge on any atom is 1.00 e. The fraction of sp³-hybridized carbons (Fsp3) is 0.0714. The Balaban J connectivity index is 0.00000276. The largest absolute Gasteiger partial charge is 1.00 e. The molecule has 0 saturated heterocycles. The molecule has 1 heterocycles. The monoisotopic (exact) mass is 698 g/mol. The molecule has 0 amide bonds. The quantitative estimate of drug-likeness (QED) is 0.0517. The van der Waals surface area contributed by atoms with E-state index in [0.29, 0.717) is 26.4 Å². The van der Waals surface area contributed by atoms with Crippen molar-refractivity contribution in [1.82, 2.24) is 4.98 Å². The zero-order chi connectivity index (χ0) is 31.1. The molecule has 0 unspecified atom stereocenters. The van der Waals surface area contributed by atoms with E-state index in [4.69, 9.17) is 0 Å². The number of fused-ring (bicyclic) bond motifs is 2. The Hall–Kier alpha value is -1.90. The van der Waals surface area contributed by atoms with Crippen LogP contribution < -0.4 is 91.2 Å². The van der Waals surface area contributed by atoms with E-state index in [1.165, 1.54) is 36.4 Å². The Kier molecular flexibility index (Phi) is 12.4. The van der Waals surface area contributed by atoms with E-state index < -0.39 is 37.6 Å². The van der Waals surface area contributed by atoms with Crippen LogP contribution in [-0.2, 0) is 20.2 Å². The molecule has 0 aliphatic carbocycles. The minimum absolute atomic E-state index is 0. The molecular weight excluding hydrogens is 679 g/mol. The van der Waals surface area contributed by atoms with Gasteiger partial charge < -0.3 is 10.2 Å². The van der Waals surface area contributed by atoms with Gasteiger partial charge in [0.15, 0.2) is 0 Å². The second-order valence-corrected chi connectivity index (χ2v) is 13.0. The third-order valence-corrected chi connectivity index (χ3v) is 9.46. The second kappa shape index (κ2) is 14.9. The van der Waals surface area contributed by atoms with E-state index in [1.807, 2.05) is 0 Å². The van der Waals surface area contributed by atoms with Crippen LogP contribution in [0.5, 0.6) is 0 Å². The Morgan fingerprint density at radius 3 is 2.13 bits per heavy atom. The molecule has 0 spiro atoms. The molecule has 2 N–H and O–H groups in total. The number of aromatic nitrogens is 1. The van der Waals surface area contributed by atoms with Gasteiger partial charge in [0.1, 0.15) is 14.8 Å². The van der Waals surface area contributed by atoms with Gasteiger partial charge in [-0.05, 0) is 55.0 Å². The number of aryl methyl sites for hydroxylation is 1. The normalized spacial score (nSPS) is 13.0. The first-order valence-electron chi connectivity index (χ1n) is 12.3. The van der Waals surface area contributed by atoms with Crippen molar-refractivity contribution in [2.75, 3.05) is 0 Å². The molecular formula is C28H20KN4NaO8S3. The summed E-state index contributed by atoms with van der Waals surface area (Å²) in [5.41, 5.74) is 1.21. The van der Waals surface area contributed by atoms with Crippen molar-refractivity contribution in [3.8, 4) is 10.6 Å². The number of nitrogens with zero attached hydrogens (tertiary/aromatic N) is 4. The van der Waals surface area contributed by atoms with Gasteiger partial charge in [0, 0.05) is 22.2 Å². The van der Waals surface area contributed by atoms with E-state index in [1.54, 1.807) is 43.3 Å². The third-order valence-electron chi connectivity index (χ3n) is 6.24. The number of thiazole rings is 1. The first kappa shape index (κ1) is 37.6. The van der Waals surface area contributed by atoms with Gasteiger partial charge in [-0.2, -0.15) is 27.1 Å². The smallest absolute Gasteiger partial charge is 0.874 e. The van der Waals surface area contributed by atoms with Crippen molar-refractivity contribution in [2.24, 2.45) is 15.2 Å². The van der Waals surface area contributed by atoms with Crippen LogP contribution in [0.4, 0.5) is 11.4 Å². The number of azo groups is 1. The Morgan fingerprint density at radius 2 is 1.51 bits per heavy atom. The molecule has 45 heavy (non-hydrogen) atoms. The number of benzene rings is 4. The topological polar surface area (TPSA) is 205 Å². The van der Waals surface area contributed by atoms with E-state index >= 15 is 0 Å². The summed E-state index contributed by atoms with van der Waals surface area (Å²) >= 11 is 1.10. The molecule has 0 saturated carbocycles. The predicted octanol–water partition coefficient (Wildman–Crippen LogP) is -1.31. The maximum atomic E-state index is 12.9. The zero-order valence-electron chi connectivity index (χ0n) is 24.3. The first-order chi connectivity index (χ1) is 20.2. The van der Waals surface area contributed by atoms with Crippen LogP contribution in [-0.4, -0.2) is 36.8 Å². The van der Waals surface area contributed by atoms with Crippen LogP contribution in [0.1, 0.15) is 12.5 Å². The van der Waals surface area contributed by atoms with Crippen molar-refractivity contribution >= 4 is 69.8 Å². The van der Waals surface area contributed by atoms with E-state index in [9.17, 15) is 36.2 Å². The fourth-order valence-electron chi connectivity index (χ4n) is 4.30. The number of hydrogen-bond acceptors (Lipinski definition) is 11. The number of allylic oxidation sites excluding steroid dienone is 1. The Morgan fingerprint density at radius 1 is 0.867 bits per heavy atom. The van der Waals surface area contributed by atoms with Crippen LogP contribution in [0.15, 0.2) is 109 Å². The van der Waals surface area contributed by atoms with Gasteiger partial charge in [-0.1, -0.05) is 37.3 Å². The SMILES string of the molecule is CC([O-])=C(N=Nc1ccc(-c2nc3ccc(C)c(S(=O)(=O)O)c3s2)cc1)C([O-])=Nc1cccc2c(S(=O)(=O)O)cccc12.[K+].[Na+]. The summed E-state index contributed by atoms with van der Waals surface area (Å²) in [4.78, 5) is 7.88. The van der Waals surface area contributed by atoms with Crippen LogP contribution in [0.2, 0.25) is 0 Å². The molecule has 0 aliphatic rings. The molecule has 1 aromatic heterocycles. The molecule has 0 atom stereocenters. The van der Waals surface area contributed by atoms with E-state index in [0.717, 1.165) is 18.3 Å². The summed E-state index contributed by atoms with van der Waals surface area (Å²) in [6, 6.07) is 18.1. The summed E-state index contributed by atoms with van der Waals surface area (Å²) in [5.74, 6) is -1.70. The Labute approximate surface area is 326 Å². The van der Waals surface area contributed by atoms with Gasteiger partial charge in [0.25, 0.3) is 20.2 Å². The summed E-state index contributed by atoms with van der Waals surface area (Å²) < 4.78 is 66.9. The molecule has 5 aromatic rings. The average Bonchev–Trinajstić information content (AvgIpc) is 3.36. The van der Waals surface area contributed by atoms with E-state index in [2.05, 4.69) is 20.2 Å². The van der Waals surface area contributed by atoms with Crippen molar-refractivity contribution in [2.45, 2.75) is 23.6 Å². The fourth-order valence-corrected chi connectivity index (χ4v) is 7.33. The molecule has 220 valence electrons. The van der Waals surface area contributed by atoms with Crippen molar-refractivity contribution < 1.29 is 117 Å². The van der Waals surface area contributed by atoms with Crippen LogP contribution in [0.3, 0.4) is 0 Å². The van der Waals surface area contributed by atoms with Crippen LogP contribution >= 0.6 is 11.3 Å². The van der Waals surface area contributed by atoms with Gasteiger partial charge in [0.2, 0.25) is 0 Å². The second-order valence-electron chi connectivity index (χ2n) is 9.23. The van der Waals surface area contributed by atoms with E-state index in [-0.39, 0.29) is 113 Å². The third kappa shape index (κ3) is 8.34. The molecule has 0 fully saturated rings. The van der Waals surface area contributed by atoms with Gasteiger partial charge in [-0.25, -0.2) is 4.98 Å². The van der Waals surface area contributed by atoms with Crippen molar-refractivity contribution in [1.29, 1.82) is 0 Å². The molecule has 4 aromatic carbocycles. The molecule has 17 heteroatoms. The van der Waals surface area contributed by atoms with Crippen LogP contribution in [0.25, 0.3) is 31.6 Å². The maximum absolute atomic E-state index is 12.9. The molecule has 12 nitrogen and oxygen atoms in total. The predicted molar refractivity (Wildman–Crippen MR) is 158 cm³/mol. The summed E-state index contributed by atoms with van der Waals surface area (Å²) in [5, 5.41) is 33.9. The average molecular weight is 699 g/mol. The summed E-state index contributed by atoms with van der Waals surface area (Å²) in [7, 11) is -9.00. The number of rotatable bonds is 7.